The van der Waals surface area contributed by atoms with Crippen molar-refractivity contribution in [2.75, 3.05) is 19.5 Å². The number of aryl methyl sites for hydroxylation is 1. The van der Waals surface area contributed by atoms with Gasteiger partial charge >= 0.3 is 0 Å². The van der Waals surface area contributed by atoms with Crippen molar-refractivity contribution in [1.82, 2.24) is 10.9 Å². The molecule has 1 aromatic carbocycles. The van der Waals surface area contributed by atoms with E-state index in [-0.39, 0.29) is 11.3 Å². The van der Waals surface area contributed by atoms with Gasteiger partial charge in [0.15, 0.2) is 17.3 Å². The Labute approximate surface area is 176 Å². The van der Waals surface area contributed by atoms with Gasteiger partial charge in [-0.3, -0.25) is 25.2 Å². The monoisotopic (exact) mass is 429 g/mol. The summed E-state index contributed by atoms with van der Waals surface area (Å²) in [7, 11) is 2.95. The molecule has 3 rings (SSSR count). The van der Waals surface area contributed by atoms with Gasteiger partial charge in [-0.25, -0.2) is 0 Å². The molecule has 3 amide bonds. The van der Waals surface area contributed by atoms with E-state index in [0.29, 0.717) is 26.9 Å². The lowest BCUT2D eigenvalue weighted by Crippen LogP contribution is -2.41. The van der Waals surface area contributed by atoms with Crippen molar-refractivity contribution in [2.45, 2.75) is 6.92 Å². The molecular formula is C20H19N3O6S. The number of hydrogen-bond donors (Lipinski definition) is 3. The van der Waals surface area contributed by atoms with Gasteiger partial charge in [0, 0.05) is 5.56 Å². The number of anilines is 1. The highest BCUT2D eigenvalue weighted by Crippen LogP contribution is 2.28. The number of ether oxygens (including phenoxy) is 2. The zero-order valence-electron chi connectivity index (χ0n) is 16.4. The van der Waals surface area contributed by atoms with Gasteiger partial charge in [-0.05, 0) is 48.9 Å². The quantitative estimate of drug-likeness (QED) is 0.519. The van der Waals surface area contributed by atoms with Crippen molar-refractivity contribution < 1.29 is 28.3 Å². The van der Waals surface area contributed by atoms with E-state index >= 15 is 0 Å². The minimum Gasteiger partial charge on any atom is -0.493 e. The number of rotatable bonds is 6. The minimum absolute atomic E-state index is 0.161. The number of hydrazine groups is 1. The van der Waals surface area contributed by atoms with Gasteiger partial charge < -0.3 is 19.2 Å². The van der Waals surface area contributed by atoms with Crippen LogP contribution in [0.1, 0.15) is 36.1 Å². The van der Waals surface area contributed by atoms with Crippen LogP contribution in [0.3, 0.4) is 0 Å². The van der Waals surface area contributed by atoms with Crippen LogP contribution >= 0.6 is 11.3 Å². The zero-order valence-corrected chi connectivity index (χ0v) is 17.2. The van der Waals surface area contributed by atoms with Crippen LogP contribution in [0, 0.1) is 6.92 Å². The van der Waals surface area contributed by atoms with Gasteiger partial charge in [0.25, 0.3) is 17.7 Å². The molecule has 0 saturated heterocycles. The van der Waals surface area contributed by atoms with Crippen molar-refractivity contribution in [1.29, 1.82) is 0 Å². The summed E-state index contributed by atoms with van der Waals surface area (Å²) >= 11 is 1.08. The van der Waals surface area contributed by atoms with Gasteiger partial charge in [-0.15, -0.1) is 11.3 Å². The Hall–Kier alpha value is -3.79. The van der Waals surface area contributed by atoms with Crippen molar-refractivity contribution in [2.24, 2.45) is 0 Å². The smallest absolute Gasteiger partial charge is 0.291 e. The van der Waals surface area contributed by atoms with E-state index in [1.54, 1.807) is 31.2 Å². The molecule has 0 atom stereocenters. The number of amides is 3. The number of carbonyl (C=O) groups is 3. The molecule has 0 radical (unpaired) electrons. The Bertz CT molecular complexity index is 1070. The topological polar surface area (TPSA) is 119 Å². The first kappa shape index (κ1) is 20.9. The van der Waals surface area contributed by atoms with E-state index in [1.807, 2.05) is 0 Å². The van der Waals surface area contributed by atoms with Crippen LogP contribution in [0.4, 0.5) is 5.00 Å². The molecule has 10 heteroatoms. The van der Waals surface area contributed by atoms with Crippen LogP contribution in [0.25, 0.3) is 0 Å². The highest BCUT2D eigenvalue weighted by Gasteiger charge is 2.18. The van der Waals surface area contributed by atoms with Crippen LogP contribution in [-0.4, -0.2) is 31.9 Å². The third-order valence-corrected chi connectivity index (χ3v) is 5.19. The summed E-state index contributed by atoms with van der Waals surface area (Å²) in [5.41, 5.74) is 5.65. The second-order valence-electron chi connectivity index (χ2n) is 6.03. The average Bonchev–Trinajstić information content (AvgIpc) is 3.41. The van der Waals surface area contributed by atoms with Gasteiger partial charge in [-0.2, -0.15) is 0 Å². The normalized spacial score (nSPS) is 10.2. The summed E-state index contributed by atoms with van der Waals surface area (Å²) in [5, 5.41) is 3.14. The number of carbonyl (C=O) groups excluding carboxylic acids is 3. The van der Waals surface area contributed by atoms with Gasteiger partial charge in [-0.1, -0.05) is 0 Å². The van der Waals surface area contributed by atoms with Crippen LogP contribution < -0.4 is 25.6 Å². The molecule has 0 unspecified atom stereocenters. The van der Waals surface area contributed by atoms with Crippen LogP contribution in [-0.2, 0) is 0 Å². The summed E-state index contributed by atoms with van der Waals surface area (Å²) in [4.78, 5) is 37.2. The average molecular weight is 429 g/mol. The van der Waals surface area contributed by atoms with E-state index in [0.717, 1.165) is 11.3 Å². The van der Waals surface area contributed by atoms with E-state index in [4.69, 9.17) is 13.9 Å². The maximum Gasteiger partial charge on any atom is 0.291 e. The zero-order chi connectivity index (χ0) is 21.7. The predicted molar refractivity (Wildman–Crippen MR) is 110 cm³/mol. The van der Waals surface area contributed by atoms with E-state index in [2.05, 4.69) is 16.2 Å². The number of nitrogens with one attached hydrogen (secondary N) is 3. The third-order valence-electron chi connectivity index (χ3n) is 4.04. The van der Waals surface area contributed by atoms with E-state index < -0.39 is 17.7 Å². The molecule has 0 saturated carbocycles. The fraction of sp³-hybridized carbons (Fsp3) is 0.150. The van der Waals surface area contributed by atoms with Crippen molar-refractivity contribution >= 4 is 34.1 Å². The molecule has 0 aliphatic rings. The Balaban J connectivity index is 1.63. The summed E-state index contributed by atoms with van der Waals surface area (Å²) in [5.74, 6) is -0.419. The summed E-state index contributed by atoms with van der Waals surface area (Å²) < 4.78 is 15.3. The molecule has 0 aliphatic heterocycles. The Morgan fingerprint density at radius 3 is 2.33 bits per heavy atom. The lowest BCUT2D eigenvalue weighted by Gasteiger charge is -2.10. The standard InChI is InChI=1S/C20H19N3O6S/c1-11-9-16(21-19(25)14-5-4-8-29-14)30-17(11)20(26)23-22-18(24)12-6-7-13(27-2)15(10-12)28-3/h4-10H,1-3H3,(H,21,25)(H,22,24)(H,23,26). The minimum atomic E-state index is -0.523. The molecule has 0 aliphatic carbocycles. The number of furan rings is 1. The molecule has 3 N–H and O–H groups in total. The highest BCUT2D eigenvalue weighted by atomic mass is 32.1. The fourth-order valence-corrected chi connectivity index (χ4v) is 3.53. The molecule has 0 fully saturated rings. The first-order valence-corrected chi connectivity index (χ1v) is 9.52. The first-order valence-electron chi connectivity index (χ1n) is 8.71. The van der Waals surface area contributed by atoms with E-state index in [1.165, 1.54) is 32.6 Å². The number of methoxy groups -OCH3 is 2. The number of thiophene rings is 1. The highest BCUT2D eigenvalue weighted by molar-refractivity contribution is 7.18. The second kappa shape index (κ2) is 9.14. The molecule has 9 nitrogen and oxygen atoms in total. The van der Waals surface area contributed by atoms with Crippen molar-refractivity contribution in [3.63, 3.8) is 0 Å². The van der Waals surface area contributed by atoms with Crippen LogP contribution in [0.5, 0.6) is 11.5 Å². The Morgan fingerprint density at radius 1 is 0.933 bits per heavy atom. The Kier molecular flexibility index (Phi) is 6.38. The molecule has 156 valence electrons. The lowest BCUT2D eigenvalue weighted by atomic mass is 10.2. The maximum atomic E-state index is 12.5. The lowest BCUT2D eigenvalue weighted by molar-refractivity contribution is 0.0848. The van der Waals surface area contributed by atoms with Crippen molar-refractivity contribution in [3.8, 4) is 11.5 Å². The van der Waals surface area contributed by atoms with Crippen LogP contribution in [0.15, 0.2) is 47.1 Å². The van der Waals surface area contributed by atoms with Crippen LogP contribution in [0.2, 0.25) is 0 Å². The molecule has 30 heavy (non-hydrogen) atoms. The molecule has 2 aromatic heterocycles. The number of benzene rings is 1. The van der Waals surface area contributed by atoms with Gasteiger partial charge in [0.05, 0.1) is 30.4 Å². The Morgan fingerprint density at radius 2 is 1.67 bits per heavy atom. The molecule has 3 aromatic rings. The predicted octanol–water partition coefficient (Wildman–Crippen LogP) is 2.99. The largest absolute Gasteiger partial charge is 0.493 e. The maximum absolute atomic E-state index is 12.5. The molecule has 2 heterocycles. The second-order valence-corrected chi connectivity index (χ2v) is 7.08. The molecular weight excluding hydrogens is 410 g/mol. The summed E-state index contributed by atoms with van der Waals surface area (Å²) in [6.07, 6.45) is 1.40. The fourth-order valence-electron chi connectivity index (χ4n) is 2.57. The molecule has 0 bridgehead atoms. The van der Waals surface area contributed by atoms with Gasteiger partial charge in [0.2, 0.25) is 0 Å². The third kappa shape index (κ3) is 4.61. The first-order chi connectivity index (χ1) is 14.4. The molecule has 0 spiro atoms. The van der Waals surface area contributed by atoms with Crippen molar-refractivity contribution in [3.05, 3.63) is 64.4 Å². The summed E-state index contributed by atoms with van der Waals surface area (Å²) in [6, 6.07) is 9.44. The summed E-state index contributed by atoms with van der Waals surface area (Å²) in [6.45, 7) is 1.73. The van der Waals surface area contributed by atoms with E-state index in [9.17, 15) is 14.4 Å². The SMILES string of the molecule is COc1ccc(C(=O)NNC(=O)c2sc(NC(=O)c3ccco3)cc2C)cc1OC. The van der Waals surface area contributed by atoms with Gasteiger partial charge in [0.1, 0.15) is 0 Å². The number of hydrogen-bond acceptors (Lipinski definition) is 7.